The number of nitriles is 1. The molecule has 2 aromatic carbocycles. The molecule has 0 amide bonds. The summed E-state index contributed by atoms with van der Waals surface area (Å²) in [6.45, 7) is 0. The lowest BCUT2D eigenvalue weighted by atomic mass is 10.2. The molecule has 0 aliphatic heterocycles. The summed E-state index contributed by atoms with van der Waals surface area (Å²) in [6.07, 6.45) is 5.20. The molecule has 2 aromatic rings. The Labute approximate surface area is 117 Å². The first-order valence-corrected chi connectivity index (χ1v) is 6.97. The number of terminal acetylenes is 1. The molecule has 98 valence electrons. The Balaban J connectivity index is 2.26. The van der Waals surface area contributed by atoms with Crippen molar-refractivity contribution in [3.63, 3.8) is 0 Å². The maximum Gasteiger partial charge on any atom is 0.339 e. The fourth-order valence-electron chi connectivity index (χ4n) is 1.48. The SMILES string of the molecule is C#Cc1ccc(S(=O)(=O)Oc2ccc(C#N)cc2)cc1. The number of benzene rings is 2. The lowest BCUT2D eigenvalue weighted by Gasteiger charge is -2.07. The predicted octanol–water partition coefficient (Wildman–Crippen LogP) is 2.31. The van der Waals surface area contributed by atoms with E-state index in [1.807, 2.05) is 6.07 Å². The smallest absolute Gasteiger partial charge is 0.339 e. The van der Waals surface area contributed by atoms with Gasteiger partial charge in [0, 0.05) is 5.56 Å². The minimum atomic E-state index is -3.91. The third-order valence-electron chi connectivity index (χ3n) is 2.50. The van der Waals surface area contributed by atoms with Crippen LogP contribution in [0.5, 0.6) is 5.75 Å². The first kappa shape index (κ1) is 13.7. The Morgan fingerprint density at radius 1 is 0.950 bits per heavy atom. The Hall–Kier alpha value is -2.76. The molecule has 0 saturated carbocycles. The number of hydrogen-bond donors (Lipinski definition) is 0. The lowest BCUT2D eigenvalue weighted by molar-refractivity contribution is 0.486. The Kier molecular flexibility index (Phi) is 3.74. The van der Waals surface area contributed by atoms with E-state index < -0.39 is 10.1 Å². The summed E-state index contributed by atoms with van der Waals surface area (Å²) in [7, 11) is -3.91. The van der Waals surface area contributed by atoms with E-state index in [0.717, 1.165) is 0 Å². The summed E-state index contributed by atoms with van der Waals surface area (Å²) >= 11 is 0. The van der Waals surface area contributed by atoms with Crippen molar-refractivity contribution >= 4 is 10.1 Å². The van der Waals surface area contributed by atoms with Gasteiger partial charge in [-0.3, -0.25) is 0 Å². The molecule has 0 aliphatic rings. The second kappa shape index (κ2) is 5.48. The fraction of sp³-hybridized carbons (Fsp3) is 0. The Bertz CT molecular complexity index is 792. The zero-order chi connectivity index (χ0) is 14.6. The van der Waals surface area contributed by atoms with Crippen LogP contribution in [0.1, 0.15) is 11.1 Å². The van der Waals surface area contributed by atoms with Crippen LogP contribution in [0.3, 0.4) is 0 Å². The summed E-state index contributed by atoms with van der Waals surface area (Å²) in [6, 6.07) is 13.6. The van der Waals surface area contributed by atoms with Crippen LogP contribution in [0.2, 0.25) is 0 Å². The molecule has 0 radical (unpaired) electrons. The average molecular weight is 283 g/mol. The van der Waals surface area contributed by atoms with E-state index in [1.165, 1.54) is 48.5 Å². The van der Waals surface area contributed by atoms with E-state index in [1.54, 1.807) is 0 Å². The molecule has 0 unspecified atom stereocenters. The van der Waals surface area contributed by atoms with Crippen molar-refractivity contribution in [3.8, 4) is 24.2 Å². The highest BCUT2D eigenvalue weighted by Gasteiger charge is 2.16. The van der Waals surface area contributed by atoms with Crippen LogP contribution in [0.15, 0.2) is 53.4 Å². The van der Waals surface area contributed by atoms with Gasteiger partial charge >= 0.3 is 10.1 Å². The first-order valence-electron chi connectivity index (χ1n) is 5.56. The van der Waals surface area contributed by atoms with Crippen LogP contribution in [0, 0.1) is 23.7 Å². The molecule has 0 saturated heterocycles. The highest BCUT2D eigenvalue weighted by Crippen LogP contribution is 2.19. The second-order valence-electron chi connectivity index (χ2n) is 3.84. The summed E-state index contributed by atoms with van der Waals surface area (Å²) < 4.78 is 29.0. The van der Waals surface area contributed by atoms with Crippen molar-refractivity contribution in [2.45, 2.75) is 4.90 Å². The highest BCUT2D eigenvalue weighted by atomic mass is 32.2. The van der Waals surface area contributed by atoms with Crippen LogP contribution < -0.4 is 4.18 Å². The van der Waals surface area contributed by atoms with E-state index in [4.69, 9.17) is 15.9 Å². The van der Waals surface area contributed by atoms with Crippen LogP contribution in [-0.4, -0.2) is 8.42 Å². The molecular formula is C15H9NO3S. The normalized spacial score (nSPS) is 10.3. The van der Waals surface area contributed by atoms with Crippen LogP contribution in [0.25, 0.3) is 0 Å². The summed E-state index contributed by atoms with van der Waals surface area (Å²) in [5.41, 5.74) is 1.01. The highest BCUT2D eigenvalue weighted by molar-refractivity contribution is 7.87. The van der Waals surface area contributed by atoms with Crippen LogP contribution in [0.4, 0.5) is 0 Å². The Morgan fingerprint density at radius 3 is 2.00 bits per heavy atom. The van der Waals surface area contributed by atoms with Crippen molar-refractivity contribution < 1.29 is 12.6 Å². The molecular weight excluding hydrogens is 274 g/mol. The van der Waals surface area contributed by atoms with Gasteiger partial charge in [0.15, 0.2) is 0 Å². The van der Waals surface area contributed by atoms with Crippen LogP contribution >= 0.6 is 0 Å². The third kappa shape index (κ3) is 2.97. The molecule has 0 bridgehead atoms. The first-order chi connectivity index (χ1) is 9.55. The van der Waals surface area contributed by atoms with Crippen LogP contribution in [-0.2, 0) is 10.1 Å². The maximum atomic E-state index is 12.0. The van der Waals surface area contributed by atoms with Gasteiger partial charge in [-0.2, -0.15) is 13.7 Å². The monoisotopic (exact) mass is 283 g/mol. The molecule has 0 spiro atoms. The molecule has 0 fully saturated rings. The van der Waals surface area contributed by atoms with Gasteiger partial charge in [0.05, 0.1) is 11.6 Å². The number of rotatable bonds is 3. The van der Waals surface area contributed by atoms with Gasteiger partial charge in [-0.15, -0.1) is 6.42 Å². The minimum absolute atomic E-state index is 0.0147. The molecule has 4 nitrogen and oxygen atoms in total. The molecule has 0 N–H and O–H groups in total. The predicted molar refractivity (Wildman–Crippen MR) is 73.3 cm³/mol. The molecule has 0 aromatic heterocycles. The van der Waals surface area contributed by atoms with Gasteiger partial charge in [0.25, 0.3) is 0 Å². The van der Waals surface area contributed by atoms with E-state index >= 15 is 0 Å². The van der Waals surface area contributed by atoms with Gasteiger partial charge in [0.2, 0.25) is 0 Å². The van der Waals surface area contributed by atoms with Gasteiger partial charge in [-0.25, -0.2) is 0 Å². The van der Waals surface area contributed by atoms with E-state index in [9.17, 15) is 8.42 Å². The van der Waals surface area contributed by atoms with Crippen molar-refractivity contribution in [3.05, 3.63) is 59.7 Å². The molecule has 0 heterocycles. The molecule has 2 rings (SSSR count). The molecule has 0 atom stereocenters. The largest absolute Gasteiger partial charge is 0.379 e. The number of nitrogens with zero attached hydrogens (tertiary/aromatic N) is 1. The summed E-state index contributed by atoms with van der Waals surface area (Å²) in [4.78, 5) is 0.0147. The topological polar surface area (TPSA) is 67.2 Å². The van der Waals surface area contributed by atoms with Crippen molar-refractivity contribution in [2.24, 2.45) is 0 Å². The van der Waals surface area contributed by atoms with Gasteiger partial charge < -0.3 is 4.18 Å². The van der Waals surface area contributed by atoms with E-state index in [2.05, 4.69) is 5.92 Å². The standard InChI is InChI=1S/C15H9NO3S/c1-2-12-5-9-15(10-6-12)20(17,18)19-14-7-3-13(11-16)4-8-14/h1,3-10H. The summed E-state index contributed by atoms with van der Waals surface area (Å²) in [5.74, 6) is 2.55. The molecule has 0 aliphatic carbocycles. The van der Waals surface area contributed by atoms with E-state index in [0.29, 0.717) is 11.1 Å². The zero-order valence-electron chi connectivity index (χ0n) is 10.3. The van der Waals surface area contributed by atoms with Crippen molar-refractivity contribution in [1.82, 2.24) is 0 Å². The average Bonchev–Trinajstić information content (AvgIpc) is 2.48. The zero-order valence-corrected chi connectivity index (χ0v) is 11.1. The third-order valence-corrected chi connectivity index (χ3v) is 3.76. The lowest BCUT2D eigenvalue weighted by Crippen LogP contribution is -2.09. The van der Waals surface area contributed by atoms with Crippen molar-refractivity contribution in [1.29, 1.82) is 5.26 Å². The van der Waals surface area contributed by atoms with E-state index in [-0.39, 0.29) is 10.6 Å². The quantitative estimate of drug-likeness (QED) is 0.640. The Morgan fingerprint density at radius 2 is 1.50 bits per heavy atom. The minimum Gasteiger partial charge on any atom is -0.379 e. The fourth-order valence-corrected chi connectivity index (χ4v) is 2.41. The van der Waals surface area contributed by atoms with Gasteiger partial charge in [-0.1, -0.05) is 5.92 Å². The second-order valence-corrected chi connectivity index (χ2v) is 5.39. The van der Waals surface area contributed by atoms with Gasteiger partial charge in [-0.05, 0) is 48.5 Å². The number of hydrogen-bond acceptors (Lipinski definition) is 4. The summed E-state index contributed by atoms with van der Waals surface area (Å²) in [5, 5.41) is 8.66. The maximum absolute atomic E-state index is 12.0. The van der Waals surface area contributed by atoms with Crippen molar-refractivity contribution in [2.75, 3.05) is 0 Å². The van der Waals surface area contributed by atoms with Gasteiger partial charge in [0.1, 0.15) is 10.6 Å². The molecule has 20 heavy (non-hydrogen) atoms. The molecule has 5 heteroatoms.